The first-order valence-corrected chi connectivity index (χ1v) is 13.0. The van der Waals surface area contributed by atoms with Crippen LogP contribution in [0, 0.1) is 0 Å². The Balaban J connectivity index is 1.44. The van der Waals surface area contributed by atoms with Gasteiger partial charge in [-0.05, 0) is 47.5 Å². The molecule has 2 amide bonds. The van der Waals surface area contributed by atoms with E-state index in [9.17, 15) is 9.59 Å². The predicted octanol–water partition coefficient (Wildman–Crippen LogP) is 6.68. The first-order valence-electron chi connectivity index (χ1n) is 11.8. The fourth-order valence-electron chi connectivity index (χ4n) is 4.26. The maximum atomic E-state index is 13.2. The van der Waals surface area contributed by atoms with Gasteiger partial charge in [0, 0.05) is 32.7 Å². The summed E-state index contributed by atoms with van der Waals surface area (Å²) in [6, 6.07) is 29.7. The summed E-state index contributed by atoms with van der Waals surface area (Å²) in [5.74, 6) is -0.284. The summed E-state index contributed by atoms with van der Waals surface area (Å²) in [5, 5.41) is 6.48. The summed E-state index contributed by atoms with van der Waals surface area (Å²) < 4.78 is 0.931. The summed E-state index contributed by atoms with van der Waals surface area (Å²) in [6.45, 7) is 0. The van der Waals surface area contributed by atoms with E-state index in [4.69, 9.17) is 16.6 Å². The van der Waals surface area contributed by atoms with Crippen molar-refractivity contribution in [1.82, 2.24) is 0 Å². The maximum absolute atomic E-state index is 13.2. The minimum atomic E-state index is -0.634. The zero-order valence-electron chi connectivity index (χ0n) is 19.7. The van der Waals surface area contributed by atoms with E-state index in [0.29, 0.717) is 35.0 Å². The highest BCUT2D eigenvalue weighted by atomic mass is 79.9. The van der Waals surface area contributed by atoms with Gasteiger partial charge < -0.3 is 10.6 Å². The molecule has 1 unspecified atom stereocenters. The van der Waals surface area contributed by atoms with E-state index in [0.717, 1.165) is 26.7 Å². The zero-order valence-corrected chi connectivity index (χ0v) is 22.1. The van der Waals surface area contributed by atoms with Crippen molar-refractivity contribution in [3.05, 3.63) is 129 Å². The minimum Gasteiger partial charge on any atom is -0.326 e. The molecule has 2 N–H and O–H groups in total. The topological polar surface area (TPSA) is 70.6 Å². The number of hydrogen-bond acceptors (Lipinski definition) is 3. The molecule has 0 saturated heterocycles. The Kier molecular flexibility index (Phi) is 7.49. The second kappa shape index (κ2) is 11.1. The second-order valence-electron chi connectivity index (χ2n) is 8.76. The molecular formula is C30H23BrClN3O2. The number of benzodiazepines with no additional fused rings is 1. The van der Waals surface area contributed by atoms with Gasteiger partial charge in [-0.25, -0.2) is 0 Å². The summed E-state index contributed by atoms with van der Waals surface area (Å²) in [7, 11) is 0. The molecule has 37 heavy (non-hydrogen) atoms. The Morgan fingerprint density at radius 1 is 0.946 bits per heavy atom. The second-order valence-corrected chi connectivity index (χ2v) is 10.0. The van der Waals surface area contributed by atoms with E-state index >= 15 is 0 Å². The van der Waals surface area contributed by atoms with Crippen LogP contribution in [0.1, 0.15) is 22.3 Å². The Labute approximate surface area is 228 Å². The summed E-state index contributed by atoms with van der Waals surface area (Å²) in [4.78, 5) is 30.6. The molecule has 0 fully saturated rings. The SMILES string of the molecule is O=C(Cc1ccccc1)Nc1ccc(C2=NC(Cc3ccccc3Br)C(=O)Nc3cc(Cl)ccc32)cc1. The lowest BCUT2D eigenvalue weighted by molar-refractivity contribution is -0.117. The Morgan fingerprint density at radius 2 is 1.68 bits per heavy atom. The highest BCUT2D eigenvalue weighted by molar-refractivity contribution is 9.10. The van der Waals surface area contributed by atoms with Gasteiger partial charge in [0.25, 0.3) is 0 Å². The molecule has 0 saturated carbocycles. The van der Waals surface area contributed by atoms with Crippen LogP contribution >= 0.6 is 27.5 Å². The third kappa shape index (κ3) is 5.98. The number of rotatable bonds is 6. The predicted molar refractivity (Wildman–Crippen MR) is 153 cm³/mol. The number of hydrogen-bond donors (Lipinski definition) is 2. The Hall–Kier alpha value is -3.74. The van der Waals surface area contributed by atoms with E-state index < -0.39 is 6.04 Å². The number of amides is 2. The third-order valence-corrected chi connectivity index (χ3v) is 7.11. The van der Waals surface area contributed by atoms with E-state index in [1.54, 1.807) is 12.1 Å². The lowest BCUT2D eigenvalue weighted by atomic mass is 10.00. The van der Waals surface area contributed by atoms with Crippen molar-refractivity contribution in [1.29, 1.82) is 0 Å². The molecule has 4 aromatic carbocycles. The smallest absolute Gasteiger partial charge is 0.249 e. The number of aliphatic imine (C=N–C) groups is 1. The number of carbonyl (C=O) groups excluding carboxylic acids is 2. The number of carbonyl (C=O) groups is 2. The molecule has 4 aromatic rings. The largest absolute Gasteiger partial charge is 0.326 e. The van der Waals surface area contributed by atoms with Crippen molar-refractivity contribution >= 4 is 56.4 Å². The fraction of sp³-hybridized carbons (Fsp3) is 0.100. The Bertz CT molecular complexity index is 1490. The molecule has 1 aliphatic heterocycles. The average molecular weight is 573 g/mol. The van der Waals surface area contributed by atoms with Crippen LogP contribution in [0.15, 0.2) is 107 Å². The number of benzene rings is 4. The van der Waals surface area contributed by atoms with E-state index in [1.165, 1.54) is 0 Å². The molecule has 1 aliphatic rings. The molecule has 7 heteroatoms. The van der Waals surface area contributed by atoms with Crippen LogP contribution in [0.2, 0.25) is 5.02 Å². The van der Waals surface area contributed by atoms with Crippen LogP contribution < -0.4 is 10.6 Å². The summed E-state index contributed by atoms with van der Waals surface area (Å²) >= 11 is 9.82. The van der Waals surface area contributed by atoms with Gasteiger partial charge in [-0.3, -0.25) is 14.6 Å². The standard InChI is InChI=1S/C30H23BrClN3O2/c31-25-9-5-4-8-21(25)17-27-30(37)35-26-18-22(32)12-15-24(26)29(34-27)20-10-13-23(14-11-20)33-28(36)16-19-6-2-1-3-7-19/h1-15,18,27H,16-17H2,(H,33,36)(H,35,37). The lowest BCUT2D eigenvalue weighted by Gasteiger charge is -2.13. The fourth-order valence-corrected chi connectivity index (χ4v) is 4.88. The molecule has 184 valence electrons. The third-order valence-electron chi connectivity index (χ3n) is 6.10. The van der Waals surface area contributed by atoms with Crippen LogP contribution in [-0.4, -0.2) is 23.6 Å². The quantitative estimate of drug-likeness (QED) is 0.270. The number of halogens is 2. The van der Waals surface area contributed by atoms with E-state index in [2.05, 4.69) is 26.6 Å². The van der Waals surface area contributed by atoms with Crippen molar-refractivity contribution in [2.75, 3.05) is 10.6 Å². The van der Waals surface area contributed by atoms with Gasteiger partial charge in [0.1, 0.15) is 6.04 Å². The number of anilines is 2. The molecular weight excluding hydrogens is 550 g/mol. The van der Waals surface area contributed by atoms with Crippen molar-refractivity contribution in [3.63, 3.8) is 0 Å². The van der Waals surface area contributed by atoms with Crippen LogP contribution in [0.5, 0.6) is 0 Å². The number of nitrogens with zero attached hydrogens (tertiary/aromatic N) is 1. The first-order chi connectivity index (χ1) is 18.0. The van der Waals surface area contributed by atoms with Crippen molar-refractivity contribution in [2.45, 2.75) is 18.9 Å². The number of nitrogens with one attached hydrogen (secondary N) is 2. The van der Waals surface area contributed by atoms with Gasteiger partial charge >= 0.3 is 0 Å². The maximum Gasteiger partial charge on any atom is 0.249 e. The van der Waals surface area contributed by atoms with E-state index in [-0.39, 0.29) is 11.8 Å². The molecule has 5 nitrogen and oxygen atoms in total. The van der Waals surface area contributed by atoms with Gasteiger partial charge in [0.05, 0.1) is 17.8 Å². The summed E-state index contributed by atoms with van der Waals surface area (Å²) in [6.07, 6.45) is 0.736. The number of fused-ring (bicyclic) bond motifs is 1. The van der Waals surface area contributed by atoms with Crippen molar-refractivity contribution in [3.8, 4) is 0 Å². The van der Waals surface area contributed by atoms with Gasteiger partial charge in [-0.15, -0.1) is 0 Å². The van der Waals surface area contributed by atoms with Crippen molar-refractivity contribution in [2.24, 2.45) is 4.99 Å². The first kappa shape index (κ1) is 24.9. The van der Waals surface area contributed by atoms with Crippen LogP contribution in [0.25, 0.3) is 0 Å². The van der Waals surface area contributed by atoms with Gasteiger partial charge in [0.2, 0.25) is 11.8 Å². The van der Waals surface area contributed by atoms with Gasteiger partial charge in [0.15, 0.2) is 0 Å². The molecule has 5 rings (SSSR count). The lowest BCUT2D eigenvalue weighted by Crippen LogP contribution is -2.27. The molecule has 0 bridgehead atoms. The van der Waals surface area contributed by atoms with Gasteiger partial charge in [-0.1, -0.05) is 88.2 Å². The molecule has 1 heterocycles. The minimum absolute atomic E-state index is 0.0888. The van der Waals surface area contributed by atoms with Crippen LogP contribution in [0.3, 0.4) is 0 Å². The van der Waals surface area contributed by atoms with Crippen LogP contribution in [-0.2, 0) is 22.4 Å². The molecule has 0 aromatic heterocycles. The normalized spacial score (nSPS) is 14.7. The molecule has 1 atom stereocenters. The zero-order chi connectivity index (χ0) is 25.8. The van der Waals surface area contributed by atoms with Crippen LogP contribution in [0.4, 0.5) is 11.4 Å². The van der Waals surface area contributed by atoms with E-state index in [1.807, 2.05) is 84.9 Å². The molecule has 0 aliphatic carbocycles. The van der Waals surface area contributed by atoms with Crippen molar-refractivity contribution < 1.29 is 9.59 Å². The highest BCUT2D eigenvalue weighted by Gasteiger charge is 2.27. The van der Waals surface area contributed by atoms with Gasteiger partial charge in [-0.2, -0.15) is 0 Å². The monoisotopic (exact) mass is 571 g/mol. The molecule has 0 spiro atoms. The average Bonchev–Trinajstić information content (AvgIpc) is 3.02. The Morgan fingerprint density at radius 3 is 2.43 bits per heavy atom. The summed E-state index contributed by atoms with van der Waals surface area (Å²) in [5.41, 5.74) is 5.55. The molecule has 0 radical (unpaired) electrons. The highest BCUT2D eigenvalue weighted by Crippen LogP contribution is 2.29.